The Labute approximate surface area is 149 Å². The van der Waals surface area contributed by atoms with Gasteiger partial charge in [0, 0.05) is 0 Å². The Balaban J connectivity index is 1.75. The molecule has 1 aromatic carbocycles. The summed E-state index contributed by atoms with van der Waals surface area (Å²) in [5.41, 5.74) is 0.783. The van der Waals surface area contributed by atoms with Crippen molar-refractivity contribution in [1.29, 1.82) is 0 Å². The Hall–Kier alpha value is -2.24. The van der Waals surface area contributed by atoms with Gasteiger partial charge in [-0.3, -0.25) is 4.79 Å². The molecule has 10 heteroatoms. The number of hydrogen-bond acceptors (Lipinski definition) is 8. The molecule has 1 saturated heterocycles. The van der Waals surface area contributed by atoms with Gasteiger partial charge in [0.15, 0.2) is 6.29 Å². The number of benzene rings is 1. The van der Waals surface area contributed by atoms with Gasteiger partial charge in [-0.25, -0.2) is 4.79 Å². The van der Waals surface area contributed by atoms with Crippen LogP contribution in [0.1, 0.15) is 5.56 Å². The lowest BCUT2D eigenvalue weighted by Gasteiger charge is -2.40. The van der Waals surface area contributed by atoms with Gasteiger partial charge in [-0.05, 0) is 5.56 Å². The molecule has 2 amide bonds. The highest BCUT2D eigenvalue weighted by Crippen LogP contribution is 2.19. The van der Waals surface area contributed by atoms with Crippen molar-refractivity contribution in [3.05, 3.63) is 35.9 Å². The molecule has 10 nitrogen and oxygen atoms in total. The molecule has 0 aromatic heterocycles. The molecule has 0 spiro atoms. The highest BCUT2D eigenvalue weighted by Gasteiger charge is 2.44. The molecule has 2 rings (SSSR count). The zero-order valence-corrected chi connectivity index (χ0v) is 13.8. The van der Waals surface area contributed by atoms with E-state index in [1.54, 1.807) is 24.3 Å². The molecule has 1 aromatic rings. The van der Waals surface area contributed by atoms with Gasteiger partial charge in [0.05, 0.1) is 6.61 Å². The third-order valence-corrected chi connectivity index (χ3v) is 3.83. The van der Waals surface area contributed by atoms with E-state index in [2.05, 4.69) is 10.6 Å². The third-order valence-electron chi connectivity index (χ3n) is 3.83. The number of carbonyl (C=O) groups is 2. The minimum absolute atomic E-state index is 0.0386. The second-order valence-corrected chi connectivity index (χ2v) is 5.74. The van der Waals surface area contributed by atoms with Crippen molar-refractivity contribution in [2.45, 2.75) is 37.3 Å². The molecule has 5 atom stereocenters. The molecule has 1 fully saturated rings. The number of ether oxygens (including phenoxy) is 2. The predicted molar refractivity (Wildman–Crippen MR) is 86.5 cm³/mol. The summed E-state index contributed by atoms with van der Waals surface area (Å²) in [4.78, 5) is 23.4. The molecule has 144 valence electrons. The van der Waals surface area contributed by atoms with Crippen LogP contribution in [0.15, 0.2) is 30.3 Å². The van der Waals surface area contributed by atoms with Crippen molar-refractivity contribution in [2.75, 3.05) is 13.2 Å². The van der Waals surface area contributed by atoms with E-state index in [-0.39, 0.29) is 6.61 Å². The second-order valence-electron chi connectivity index (χ2n) is 5.74. The van der Waals surface area contributed by atoms with Crippen LogP contribution in [0, 0.1) is 0 Å². The van der Waals surface area contributed by atoms with Crippen molar-refractivity contribution in [2.24, 2.45) is 0 Å². The fourth-order valence-corrected chi connectivity index (χ4v) is 2.42. The van der Waals surface area contributed by atoms with Crippen LogP contribution in [0.25, 0.3) is 0 Å². The molecule has 1 aliphatic heterocycles. The normalized spacial score (nSPS) is 28.2. The van der Waals surface area contributed by atoms with Crippen LogP contribution >= 0.6 is 0 Å². The van der Waals surface area contributed by atoms with Crippen molar-refractivity contribution in [1.82, 2.24) is 10.6 Å². The monoisotopic (exact) mass is 370 g/mol. The summed E-state index contributed by atoms with van der Waals surface area (Å²) in [6.45, 7) is -1.04. The van der Waals surface area contributed by atoms with Crippen LogP contribution in [0.5, 0.6) is 0 Å². The minimum atomic E-state index is -1.63. The zero-order valence-electron chi connectivity index (χ0n) is 13.8. The number of alkyl carbamates (subject to hydrolysis) is 1. The second kappa shape index (κ2) is 9.46. The number of nitrogens with one attached hydrogen (secondary N) is 2. The summed E-state index contributed by atoms with van der Waals surface area (Å²) in [6, 6.07) is 7.65. The quantitative estimate of drug-likeness (QED) is 0.330. The molecule has 6 N–H and O–H groups in total. The molecule has 0 radical (unpaired) electrons. The zero-order chi connectivity index (χ0) is 19.1. The molecular weight excluding hydrogens is 348 g/mol. The van der Waals surface area contributed by atoms with E-state index in [1.807, 2.05) is 6.07 Å². The van der Waals surface area contributed by atoms with Gasteiger partial charge in [-0.2, -0.15) is 0 Å². The molecule has 1 heterocycles. The first-order valence-electron chi connectivity index (χ1n) is 7.96. The lowest BCUT2D eigenvalue weighted by atomic mass is 9.97. The average molecular weight is 370 g/mol. The van der Waals surface area contributed by atoms with Crippen molar-refractivity contribution in [3.8, 4) is 0 Å². The largest absolute Gasteiger partial charge is 0.445 e. The average Bonchev–Trinajstić information content (AvgIpc) is 2.65. The smallest absolute Gasteiger partial charge is 0.407 e. The Morgan fingerprint density at radius 3 is 2.46 bits per heavy atom. The van der Waals surface area contributed by atoms with E-state index >= 15 is 0 Å². The van der Waals surface area contributed by atoms with Gasteiger partial charge in [0.25, 0.3) is 0 Å². The number of carbonyl (C=O) groups excluding carboxylic acids is 2. The Morgan fingerprint density at radius 2 is 1.81 bits per heavy atom. The van der Waals surface area contributed by atoms with E-state index in [9.17, 15) is 24.9 Å². The first-order valence-corrected chi connectivity index (χ1v) is 7.96. The van der Waals surface area contributed by atoms with Crippen molar-refractivity contribution >= 4 is 12.0 Å². The van der Waals surface area contributed by atoms with Crippen LogP contribution < -0.4 is 10.6 Å². The highest BCUT2D eigenvalue weighted by atomic mass is 16.6. The third kappa shape index (κ3) is 5.38. The van der Waals surface area contributed by atoms with Crippen molar-refractivity contribution in [3.63, 3.8) is 0 Å². The van der Waals surface area contributed by atoms with Gasteiger partial charge in [-0.1, -0.05) is 30.3 Å². The van der Waals surface area contributed by atoms with Crippen LogP contribution in [0.2, 0.25) is 0 Å². The Bertz CT molecular complexity index is 599. The van der Waals surface area contributed by atoms with Crippen LogP contribution in [0.3, 0.4) is 0 Å². The van der Waals surface area contributed by atoms with Gasteiger partial charge < -0.3 is 40.5 Å². The summed E-state index contributed by atoms with van der Waals surface area (Å²) >= 11 is 0. The lowest BCUT2D eigenvalue weighted by molar-refractivity contribution is -0.253. The summed E-state index contributed by atoms with van der Waals surface area (Å²) in [7, 11) is 0. The lowest BCUT2D eigenvalue weighted by Crippen LogP contribution is -2.64. The predicted octanol–water partition coefficient (Wildman–Crippen LogP) is -2.17. The Morgan fingerprint density at radius 1 is 1.12 bits per heavy atom. The SMILES string of the molecule is O=C(CNC(=O)OCc1ccccc1)N[C@H]1[C@H](O)[C@@H](O)[C@@H](CO)O[C@H]1O. The van der Waals surface area contributed by atoms with E-state index in [1.165, 1.54) is 0 Å². The maximum Gasteiger partial charge on any atom is 0.407 e. The number of aliphatic hydroxyl groups excluding tert-OH is 4. The molecule has 0 unspecified atom stereocenters. The summed E-state index contributed by atoms with van der Waals surface area (Å²) < 4.78 is 9.85. The number of hydrogen-bond donors (Lipinski definition) is 6. The summed E-state index contributed by atoms with van der Waals surface area (Å²) in [5, 5.41) is 42.9. The molecule has 0 aliphatic carbocycles. The number of amides is 2. The maximum atomic E-state index is 11.8. The minimum Gasteiger partial charge on any atom is -0.445 e. The molecule has 26 heavy (non-hydrogen) atoms. The van der Waals surface area contributed by atoms with Gasteiger partial charge in [-0.15, -0.1) is 0 Å². The molecule has 0 bridgehead atoms. The molecular formula is C16H22N2O8. The van der Waals surface area contributed by atoms with E-state index < -0.39 is 55.8 Å². The first kappa shape index (κ1) is 20.1. The van der Waals surface area contributed by atoms with Crippen LogP contribution in [-0.2, 0) is 20.9 Å². The van der Waals surface area contributed by atoms with E-state index in [4.69, 9.17) is 14.6 Å². The standard InChI is InChI=1S/C16H22N2O8/c19-7-10-13(21)14(22)12(15(23)26-10)18-11(20)6-17-16(24)25-8-9-4-2-1-3-5-9/h1-5,10,12-15,19,21-23H,6-8H2,(H,17,24)(H,18,20)/t10-,12+,13+,14+,15-/m1/s1. The highest BCUT2D eigenvalue weighted by molar-refractivity contribution is 5.82. The van der Waals surface area contributed by atoms with Gasteiger partial charge in [0.2, 0.25) is 5.91 Å². The summed E-state index contributed by atoms with van der Waals surface area (Å²) in [5.74, 6) is -0.733. The molecule has 0 saturated carbocycles. The Kier molecular flexibility index (Phi) is 7.30. The van der Waals surface area contributed by atoms with Crippen LogP contribution in [-0.4, -0.2) is 76.2 Å². The summed E-state index contributed by atoms with van der Waals surface area (Å²) in [6.07, 6.45) is -6.65. The number of aliphatic hydroxyl groups is 4. The van der Waals surface area contributed by atoms with Crippen LogP contribution in [0.4, 0.5) is 4.79 Å². The first-order chi connectivity index (χ1) is 12.4. The van der Waals surface area contributed by atoms with Crippen molar-refractivity contribution < 1.29 is 39.5 Å². The topological polar surface area (TPSA) is 158 Å². The molecule has 1 aliphatic rings. The van der Waals surface area contributed by atoms with E-state index in [0.29, 0.717) is 0 Å². The number of rotatable bonds is 6. The fraction of sp³-hybridized carbons (Fsp3) is 0.500. The van der Waals surface area contributed by atoms with E-state index in [0.717, 1.165) is 5.56 Å². The maximum absolute atomic E-state index is 11.8. The fourth-order valence-electron chi connectivity index (χ4n) is 2.42. The van der Waals surface area contributed by atoms with Gasteiger partial charge in [0.1, 0.15) is 37.5 Å². The van der Waals surface area contributed by atoms with Gasteiger partial charge >= 0.3 is 6.09 Å².